The SMILES string of the molecule is O.O.O.O=S(=O)([O-])c1ccccc1. The van der Waals surface area contributed by atoms with Crippen molar-refractivity contribution in [3.8, 4) is 0 Å². The molecule has 0 radical (unpaired) electrons. The summed E-state index contributed by atoms with van der Waals surface area (Å²) in [5.41, 5.74) is 0. The number of hydrogen-bond acceptors (Lipinski definition) is 3. The Hall–Kier alpha value is -0.990. The van der Waals surface area contributed by atoms with Crippen LogP contribution in [0.5, 0.6) is 0 Å². The van der Waals surface area contributed by atoms with E-state index in [1.807, 2.05) is 0 Å². The Morgan fingerprint density at radius 2 is 1.31 bits per heavy atom. The third-order valence-corrected chi connectivity index (χ3v) is 1.88. The predicted molar refractivity (Wildman–Crippen MR) is 45.2 cm³/mol. The van der Waals surface area contributed by atoms with E-state index in [4.69, 9.17) is 0 Å². The highest BCUT2D eigenvalue weighted by atomic mass is 32.2. The molecule has 7 heteroatoms. The molecule has 0 saturated heterocycles. The fourth-order valence-electron chi connectivity index (χ4n) is 0.587. The molecule has 1 aromatic carbocycles. The van der Waals surface area contributed by atoms with Crippen LogP contribution in [0.3, 0.4) is 0 Å². The van der Waals surface area contributed by atoms with E-state index >= 15 is 0 Å². The van der Waals surface area contributed by atoms with Gasteiger partial charge < -0.3 is 21.0 Å². The van der Waals surface area contributed by atoms with Gasteiger partial charge in [-0.1, -0.05) is 18.2 Å². The van der Waals surface area contributed by atoms with Crippen molar-refractivity contribution in [2.45, 2.75) is 4.90 Å². The summed E-state index contributed by atoms with van der Waals surface area (Å²) in [6.07, 6.45) is 0. The molecule has 0 unspecified atom stereocenters. The van der Waals surface area contributed by atoms with Crippen LogP contribution in [-0.2, 0) is 10.1 Å². The topological polar surface area (TPSA) is 152 Å². The molecule has 0 aliphatic carbocycles. The van der Waals surface area contributed by atoms with Gasteiger partial charge in [0, 0.05) is 0 Å². The van der Waals surface area contributed by atoms with Crippen LogP contribution in [0.4, 0.5) is 0 Å². The van der Waals surface area contributed by atoms with Crippen molar-refractivity contribution >= 4 is 10.1 Å². The first-order valence-corrected chi connectivity index (χ1v) is 4.02. The lowest BCUT2D eigenvalue weighted by Gasteiger charge is -2.04. The van der Waals surface area contributed by atoms with Crippen molar-refractivity contribution in [3.05, 3.63) is 30.3 Å². The third-order valence-electron chi connectivity index (χ3n) is 1.03. The quantitative estimate of drug-likeness (QED) is 0.499. The largest absolute Gasteiger partial charge is 0.744 e. The molecular formula is C6H11O6S-. The molecule has 0 heterocycles. The number of benzene rings is 1. The van der Waals surface area contributed by atoms with Gasteiger partial charge >= 0.3 is 0 Å². The summed E-state index contributed by atoms with van der Waals surface area (Å²) >= 11 is 0. The average molecular weight is 211 g/mol. The molecule has 1 rings (SSSR count). The van der Waals surface area contributed by atoms with Crippen LogP contribution in [-0.4, -0.2) is 29.4 Å². The first-order valence-electron chi connectivity index (χ1n) is 2.61. The summed E-state index contributed by atoms with van der Waals surface area (Å²) < 4.78 is 30.8. The van der Waals surface area contributed by atoms with Gasteiger partial charge in [-0.05, 0) is 12.1 Å². The number of hydrogen-bond donors (Lipinski definition) is 0. The van der Waals surface area contributed by atoms with E-state index in [9.17, 15) is 13.0 Å². The lowest BCUT2D eigenvalue weighted by Crippen LogP contribution is -1.96. The summed E-state index contributed by atoms with van der Waals surface area (Å²) in [6, 6.07) is 7.19. The lowest BCUT2D eigenvalue weighted by molar-refractivity contribution is 0.463. The van der Waals surface area contributed by atoms with Gasteiger partial charge in [-0.2, -0.15) is 0 Å². The Balaban J connectivity index is -0.000000333. The zero-order chi connectivity index (χ0) is 7.61. The molecule has 0 atom stereocenters. The van der Waals surface area contributed by atoms with Crippen molar-refractivity contribution in [1.82, 2.24) is 0 Å². The highest BCUT2D eigenvalue weighted by molar-refractivity contribution is 7.85. The van der Waals surface area contributed by atoms with Crippen molar-refractivity contribution in [2.75, 3.05) is 0 Å². The second-order valence-corrected chi connectivity index (χ2v) is 3.15. The van der Waals surface area contributed by atoms with Crippen LogP contribution < -0.4 is 0 Å². The zero-order valence-corrected chi connectivity index (χ0v) is 7.34. The minimum absolute atomic E-state index is 0. The van der Waals surface area contributed by atoms with Crippen molar-refractivity contribution in [3.63, 3.8) is 0 Å². The van der Waals surface area contributed by atoms with Gasteiger partial charge in [-0.3, -0.25) is 0 Å². The van der Waals surface area contributed by atoms with E-state index in [1.165, 1.54) is 24.3 Å². The first kappa shape index (κ1) is 17.9. The Morgan fingerprint density at radius 1 is 0.923 bits per heavy atom. The molecule has 6 nitrogen and oxygen atoms in total. The van der Waals surface area contributed by atoms with Crippen LogP contribution in [0.15, 0.2) is 35.2 Å². The molecule has 0 aliphatic heterocycles. The van der Waals surface area contributed by atoms with E-state index < -0.39 is 10.1 Å². The van der Waals surface area contributed by atoms with Gasteiger partial charge in [-0.25, -0.2) is 8.42 Å². The Kier molecular flexibility index (Phi) is 8.99. The Labute approximate surface area is 75.5 Å². The van der Waals surface area contributed by atoms with Crippen molar-refractivity contribution < 1.29 is 29.4 Å². The van der Waals surface area contributed by atoms with E-state index in [2.05, 4.69) is 0 Å². The fraction of sp³-hybridized carbons (Fsp3) is 0. The summed E-state index contributed by atoms with van der Waals surface area (Å²) in [5.74, 6) is 0. The molecule has 1 aromatic rings. The van der Waals surface area contributed by atoms with E-state index in [1.54, 1.807) is 6.07 Å². The normalized spacial score (nSPS) is 8.69. The highest BCUT2D eigenvalue weighted by Gasteiger charge is 1.95. The standard InChI is InChI=1S/C6H6O3S.3H2O/c7-10(8,9)6-4-2-1-3-5-6;;;/h1-5H,(H,7,8,9);3*1H2/p-1. The summed E-state index contributed by atoms with van der Waals surface area (Å²) in [4.78, 5) is -0.185. The molecule has 0 saturated carbocycles. The van der Waals surface area contributed by atoms with E-state index in [-0.39, 0.29) is 21.3 Å². The molecule has 0 aliphatic rings. The van der Waals surface area contributed by atoms with Gasteiger partial charge in [0.1, 0.15) is 10.1 Å². The molecule has 78 valence electrons. The fourth-order valence-corrected chi connectivity index (χ4v) is 1.08. The minimum atomic E-state index is -4.25. The van der Waals surface area contributed by atoms with Gasteiger partial charge in [0.25, 0.3) is 0 Å². The first-order chi connectivity index (χ1) is 4.61. The Morgan fingerprint density at radius 3 is 1.54 bits per heavy atom. The van der Waals surface area contributed by atoms with E-state index in [0.717, 1.165) is 0 Å². The molecule has 0 fully saturated rings. The Bertz CT molecular complexity index is 305. The summed E-state index contributed by atoms with van der Waals surface area (Å²) in [5, 5.41) is 0. The molecule has 0 spiro atoms. The molecule has 6 N–H and O–H groups in total. The lowest BCUT2D eigenvalue weighted by atomic mass is 10.4. The van der Waals surface area contributed by atoms with Crippen molar-refractivity contribution in [1.29, 1.82) is 0 Å². The minimum Gasteiger partial charge on any atom is -0.744 e. The van der Waals surface area contributed by atoms with Crippen molar-refractivity contribution in [2.24, 2.45) is 0 Å². The average Bonchev–Trinajstić information content (AvgIpc) is 1.88. The maximum absolute atomic E-state index is 10.3. The second kappa shape index (κ2) is 6.52. The van der Waals surface area contributed by atoms with Crippen LogP contribution >= 0.6 is 0 Å². The molecular weight excluding hydrogens is 200 g/mol. The van der Waals surface area contributed by atoms with Gasteiger partial charge in [0.15, 0.2) is 0 Å². The monoisotopic (exact) mass is 211 g/mol. The van der Waals surface area contributed by atoms with E-state index in [0.29, 0.717) is 0 Å². The molecule has 13 heavy (non-hydrogen) atoms. The maximum Gasteiger partial charge on any atom is 0.124 e. The molecule has 0 aromatic heterocycles. The van der Waals surface area contributed by atoms with Crippen LogP contribution in [0.1, 0.15) is 0 Å². The van der Waals surface area contributed by atoms with Gasteiger partial charge in [0.05, 0.1) is 4.90 Å². The second-order valence-electron chi connectivity index (χ2n) is 1.77. The van der Waals surface area contributed by atoms with Crippen LogP contribution in [0.25, 0.3) is 0 Å². The maximum atomic E-state index is 10.3. The van der Waals surface area contributed by atoms with Gasteiger partial charge in [-0.15, -0.1) is 0 Å². The molecule has 0 bridgehead atoms. The summed E-state index contributed by atoms with van der Waals surface area (Å²) in [7, 11) is -4.25. The highest BCUT2D eigenvalue weighted by Crippen LogP contribution is 2.04. The third kappa shape index (κ3) is 5.28. The zero-order valence-electron chi connectivity index (χ0n) is 6.52. The smallest absolute Gasteiger partial charge is 0.124 e. The van der Waals surface area contributed by atoms with Gasteiger partial charge in [0.2, 0.25) is 0 Å². The summed E-state index contributed by atoms with van der Waals surface area (Å²) in [6.45, 7) is 0. The van der Waals surface area contributed by atoms with Crippen LogP contribution in [0, 0.1) is 0 Å². The predicted octanol–water partition coefficient (Wildman–Crippen LogP) is -1.88. The molecule has 0 amide bonds. The van der Waals surface area contributed by atoms with Crippen LogP contribution in [0.2, 0.25) is 0 Å². The number of rotatable bonds is 1.